The van der Waals surface area contributed by atoms with Gasteiger partial charge in [-0.3, -0.25) is 14.7 Å². The Morgan fingerprint density at radius 3 is 2.75 bits per heavy atom. The summed E-state index contributed by atoms with van der Waals surface area (Å²) in [5, 5.41) is 3.06. The third-order valence-electron chi connectivity index (χ3n) is 3.74. The highest BCUT2D eigenvalue weighted by atomic mass is 16.2. The third kappa shape index (κ3) is 4.02. The number of hydrogen-bond acceptors (Lipinski definition) is 4. The average Bonchev–Trinajstić information content (AvgIpc) is 2.48. The van der Waals surface area contributed by atoms with Crippen molar-refractivity contribution in [2.24, 2.45) is 5.92 Å². The maximum Gasteiger partial charge on any atom is 0.226 e. The number of hydrogen-bond donors (Lipinski definition) is 1. The number of aromatic nitrogens is 1. The van der Waals surface area contributed by atoms with E-state index in [-0.39, 0.29) is 11.8 Å². The highest BCUT2D eigenvalue weighted by Crippen LogP contribution is 2.10. The van der Waals surface area contributed by atoms with Crippen LogP contribution in [-0.2, 0) is 11.3 Å². The quantitative estimate of drug-likeness (QED) is 0.855. The molecule has 1 aromatic heterocycles. The predicted molar refractivity (Wildman–Crippen MR) is 79.2 cm³/mol. The van der Waals surface area contributed by atoms with Gasteiger partial charge in [-0.05, 0) is 18.7 Å². The maximum atomic E-state index is 12.2. The smallest absolute Gasteiger partial charge is 0.226 e. The molecular formula is C15H24N4O. The molecule has 1 unspecified atom stereocenters. The molecule has 0 aliphatic carbocycles. The Kier molecular flexibility index (Phi) is 5.49. The van der Waals surface area contributed by atoms with E-state index in [4.69, 9.17) is 0 Å². The minimum Gasteiger partial charge on any atom is -0.340 e. The van der Waals surface area contributed by atoms with E-state index in [1.54, 1.807) is 6.20 Å². The minimum absolute atomic E-state index is 0.0601. The van der Waals surface area contributed by atoms with E-state index in [0.717, 1.165) is 39.3 Å². The maximum absolute atomic E-state index is 12.2. The van der Waals surface area contributed by atoms with Crippen molar-refractivity contribution in [3.8, 4) is 0 Å². The van der Waals surface area contributed by atoms with Gasteiger partial charge < -0.3 is 10.2 Å². The second kappa shape index (κ2) is 7.36. The SMILES string of the molecule is CNCC(C)C(=O)N1CCN(Cc2cccnc2)CC1. The predicted octanol–water partition coefficient (Wildman–Crippen LogP) is 0.581. The fourth-order valence-electron chi connectivity index (χ4n) is 2.58. The molecule has 0 radical (unpaired) electrons. The molecule has 1 fully saturated rings. The fraction of sp³-hybridized carbons (Fsp3) is 0.600. The van der Waals surface area contributed by atoms with Gasteiger partial charge >= 0.3 is 0 Å². The Hall–Kier alpha value is -1.46. The van der Waals surface area contributed by atoms with Crippen molar-refractivity contribution in [3.05, 3.63) is 30.1 Å². The molecule has 0 saturated carbocycles. The van der Waals surface area contributed by atoms with Gasteiger partial charge in [-0.1, -0.05) is 13.0 Å². The summed E-state index contributed by atoms with van der Waals surface area (Å²) < 4.78 is 0. The molecule has 1 atom stereocenters. The van der Waals surface area contributed by atoms with Crippen molar-refractivity contribution < 1.29 is 4.79 Å². The van der Waals surface area contributed by atoms with Crippen molar-refractivity contribution >= 4 is 5.91 Å². The first-order valence-corrected chi connectivity index (χ1v) is 7.25. The summed E-state index contributed by atoms with van der Waals surface area (Å²) in [7, 11) is 1.88. The van der Waals surface area contributed by atoms with Gasteiger partial charge in [0.05, 0.1) is 0 Å². The first-order chi connectivity index (χ1) is 9.70. The molecule has 110 valence electrons. The first kappa shape index (κ1) is 14.9. The van der Waals surface area contributed by atoms with E-state index in [1.165, 1.54) is 5.56 Å². The van der Waals surface area contributed by atoms with Crippen LogP contribution in [0.2, 0.25) is 0 Å². The summed E-state index contributed by atoms with van der Waals surface area (Å²) in [6.07, 6.45) is 3.70. The lowest BCUT2D eigenvalue weighted by Gasteiger charge is -2.36. The summed E-state index contributed by atoms with van der Waals surface area (Å²) in [4.78, 5) is 20.7. The van der Waals surface area contributed by atoms with E-state index >= 15 is 0 Å². The van der Waals surface area contributed by atoms with Gasteiger partial charge in [-0.2, -0.15) is 0 Å². The van der Waals surface area contributed by atoms with Crippen LogP contribution in [0.4, 0.5) is 0 Å². The number of pyridine rings is 1. The minimum atomic E-state index is 0.0601. The second-order valence-electron chi connectivity index (χ2n) is 5.42. The highest BCUT2D eigenvalue weighted by Gasteiger charge is 2.24. The lowest BCUT2D eigenvalue weighted by Crippen LogP contribution is -2.50. The summed E-state index contributed by atoms with van der Waals surface area (Å²) in [6.45, 7) is 7.18. The molecule has 5 heteroatoms. The Balaban J connectivity index is 1.79. The van der Waals surface area contributed by atoms with E-state index in [2.05, 4.69) is 21.3 Å². The van der Waals surface area contributed by atoms with Crippen LogP contribution >= 0.6 is 0 Å². The standard InChI is InChI=1S/C15H24N4O/c1-13(10-16-2)15(20)19-8-6-18(7-9-19)12-14-4-3-5-17-11-14/h3-5,11,13,16H,6-10,12H2,1-2H3. The zero-order valence-corrected chi connectivity index (χ0v) is 12.4. The van der Waals surface area contributed by atoms with Crippen LogP contribution in [0.25, 0.3) is 0 Å². The lowest BCUT2D eigenvalue weighted by atomic mass is 10.1. The number of nitrogens with one attached hydrogen (secondary N) is 1. The molecule has 20 heavy (non-hydrogen) atoms. The van der Waals surface area contributed by atoms with E-state index in [1.807, 2.05) is 31.1 Å². The number of nitrogens with zero attached hydrogens (tertiary/aromatic N) is 3. The molecular weight excluding hydrogens is 252 g/mol. The van der Waals surface area contributed by atoms with Gasteiger partial charge in [0.25, 0.3) is 0 Å². The molecule has 1 aliphatic heterocycles. The molecule has 2 heterocycles. The third-order valence-corrected chi connectivity index (χ3v) is 3.74. The lowest BCUT2D eigenvalue weighted by molar-refractivity contribution is -0.136. The summed E-state index contributed by atoms with van der Waals surface area (Å²) in [5.41, 5.74) is 1.23. The molecule has 5 nitrogen and oxygen atoms in total. The number of piperazine rings is 1. The largest absolute Gasteiger partial charge is 0.340 e. The molecule has 1 aromatic rings. The van der Waals surface area contributed by atoms with Crippen LogP contribution in [0, 0.1) is 5.92 Å². The fourth-order valence-corrected chi connectivity index (χ4v) is 2.58. The van der Waals surface area contributed by atoms with Gasteiger partial charge in [-0.15, -0.1) is 0 Å². The number of carbonyl (C=O) groups excluding carboxylic acids is 1. The van der Waals surface area contributed by atoms with Gasteiger partial charge in [0.2, 0.25) is 5.91 Å². The molecule has 1 N–H and O–H groups in total. The van der Waals surface area contributed by atoms with Gasteiger partial charge in [0, 0.05) is 57.6 Å². The first-order valence-electron chi connectivity index (χ1n) is 7.25. The van der Waals surface area contributed by atoms with Crippen LogP contribution in [0.5, 0.6) is 0 Å². The van der Waals surface area contributed by atoms with Crippen LogP contribution in [0.1, 0.15) is 12.5 Å². The Bertz CT molecular complexity index is 415. The van der Waals surface area contributed by atoms with Crippen LogP contribution in [0.15, 0.2) is 24.5 Å². The normalized spacial score (nSPS) is 18.0. The van der Waals surface area contributed by atoms with Crippen LogP contribution in [0.3, 0.4) is 0 Å². The number of carbonyl (C=O) groups is 1. The second-order valence-corrected chi connectivity index (χ2v) is 5.42. The topological polar surface area (TPSA) is 48.5 Å². The molecule has 1 saturated heterocycles. The number of amides is 1. The van der Waals surface area contributed by atoms with E-state index < -0.39 is 0 Å². The van der Waals surface area contributed by atoms with Gasteiger partial charge in [0.15, 0.2) is 0 Å². The zero-order chi connectivity index (χ0) is 14.4. The van der Waals surface area contributed by atoms with Crippen molar-refractivity contribution in [1.29, 1.82) is 0 Å². The number of rotatable bonds is 5. The summed E-state index contributed by atoms with van der Waals surface area (Å²) >= 11 is 0. The molecule has 2 rings (SSSR count). The van der Waals surface area contributed by atoms with E-state index in [0.29, 0.717) is 0 Å². The van der Waals surface area contributed by atoms with Gasteiger partial charge in [0.1, 0.15) is 0 Å². The zero-order valence-electron chi connectivity index (χ0n) is 12.4. The van der Waals surface area contributed by atoms with Crippen molar-refractivity contribution in [1.82, 2.24) is 20.1 Å². The Morgan fingerprint density at radius 2 is 2.15 bits per heavy atom. The highest BCUT2D eigenvalue weighted by molar-refractivity contribution is 5.78. The molecule has 1 aliphatic rings. The molecule has 0 spiro atoms. The average molecular weight is 276 g/mol. The molecule has 0 bridgehead atoms. The van der Waals surface area contributed by atoms with Crippen LogP contribution < -0.4 is 5.32 Å². The summed E-state index contributed by atoms with van der Waals surface area (Å²) in [6, 6.07) is 4.06. The summed E-state index contributed by atoms with van der Waals surface area (Å²) in [5.74, 6) is 0.324. The van der Waals surface area contributed by atoms with Crippen molar-refractivity contribution in [2.75, 3.05) is 39.8 Å². The Labute approximate surface area is 121 Å². The van der Waals surface area contributed by atoms with Crippen molar-refractivity contribution in [3.63, 3.8) is 0 Å². The van der Waals surface area contributed by atoms with E-state index in [9.17, 15) is 4.79 Å². The van der Waals surface area contributed by atoms with Crippen LogP contribution in [-0.4, -0.2) is 60.5 Å². The Morgan fingerprint density at radius 1 is 1.40 bits per heavy atom. The van der Waals surface area contributed by atoms with Gasteiger partial charge in [-0.25, -0.2) is 0 Å². The molecule has 0 aromatic carbocycles. The van der Waals surface area contributed by atoms with Crippen molar-refractivity contribution in [2.45, 2.75) is 13.5 Å². The molecule has 1 amide bonds. The monoisotopic (exact) mass is 276 g/mol.